The normalized spacial score (nSPS) is 23.0. The fourth-order valence-corrected chi connectivity index (χ4v) is 2.69. The van der Waals surface area contributed by atoms with Crippen LogP contribution in [0.3, 0.4) is 0 Å². The summed E-state index contributed by atoms with van der Waals surface area (Å²) in [7, 11) is -2.87. The van der Waals surface area contributed by atoms with Crippen LogP contribution in [0.5, 0.6) is 0 Å². The van der Waals surface area contributed by atoms with Gasteiger partial charge in [-0.3, -0.25) is 0 Å². The van der Waals surface area contributed by atoms with Crippen molar-refractivity contribution >= 4 is 15.9 Å². The molecule has 7 heteroatoms. The molecule has 0 bridgehead atoms. The number of hydrogen-bond donors (Lipinski definition) is 2. The lowest BCUT2D eigenvalue weighted by Gasteiger charge is -2.36. The summed E-state index contributed by atoms with van der Waals surface area (Å²) in [5, 5.41) is 6.11. The van der Waals surface area contributed by atoms with Gasteiger partial charge in [-0.1, -0.05) is 0 Å². The van der Waals surface area contributed by atoms with Crippen molar-refractivity contribution in [2.24, 2.45) is 0 Å². The number of rotatable bonds is 6. The van der Waals surface area contributed by atoms with Gasteiger partial charge in [0.05, 0.1) is 5.75 Å². The van der Waals surface area contributed by atoms with E-state index in [0.717, 1.165) is 12.8 Å². The van der Waals surface area contributed by atoms with E-state index in [0.29, 0.717) is 19.0 Å². The van der Waals surface area contributed by atoms with Crippen molar-refractivity contribution in [2.75, 3.05) is 18.6 Å². The van der Waals surface area contributed by atoms with Crippen LogP contribution in [-0.2, 0) is 14.6 Å². The summed E-state index contributed by atoms with van der Waals surface area (Å²) in [6, 6.07) is 0.506. The number of nitrogens with one attached hydrogen (secondary N) is 2. The Morgan fingerprint density at radius 2 is 1.85 bits per heavy atom. The number of carbonyl (C=O) groups excluding carboxylic acids is 1. The molecular formula is C13H26N2O4S. The maximum Gasteiger partial charge on any atom is 0.407 e. The third-order valence-electron chi connectivity index (χ3n) is 2.98. The number of amides is 1. The summed E-state index contributed by atoms with van der Waals surface area (Å²) in [4.78, 5) is 11.5. The Hall–Kier alpha value is -0.820. The van der Waals surface area contributed by atoms with Crippen LogP contribution >= 0.6 is 0 Å². The molecule has 1 saturated carbocycles. The second-order valence-electron chi connectivity index (χ2n) is 6.45. The zero-order valence-electron chi connectivity index (χ0n) is 12.7. The van der Waals surface area contributed by atoms with Gasteiger partial charge in [0, 0.05) is 18.3 Å². The van der Waals surface area contributed by atoms with Gasteiger partial charge in [0.2, 0.25) is 0 Å². The molecule has 0 saturated heterocycles. The first kappa shape index (κ1) is 17.2. The minimum atomic E-state index is -2.87. The standard InChI is InChI=1S/C13H26N2O4S/c1-13(2,3)19-12(16)15-11-8-10(9-11)14-6-5-7-20(4,17)18/h10-11,14H,5-9H2,1-4H3,(H,15,16). The number of sulfone groups is 1. The molecule has 1 rings (SSSR count). The molecule has 1 amide bonds. The molecule has 0 atom stereocenters. The third kappa shape index (κ3) is 7.69. The highest BCUT2D eigenvalue weighted by atomic mass is 32.2. The van der Waals surface area contributed by atoms with Crippen LogP contribution < -0.4 is 10.6 Å². The molecule has 20 heavy (non-hydrogen) atoms. The summed E-state index contributed by atoms with van der Waals surface area (Å²) in [5.41, 5.74) is -0.475. The maximum atomic E-state index is 11.5. The molecule has 1 aliphatic carbocycles. The highest BCUT2D eigenvalue weighted by molar-refractivity contribution is 7.90. The first-order valence-corrected chi connectivity index (χ1v) is 9.02. The molecule has 0 aromatic heterocycles. The topological polar surface area (TPSA) is 84.5 Å². The molecule has 1 aliphatic rings. The van der Waals surface area contributed by atoms with Crippen LogP contribution in [0.2, 0.25) is 0 Å². The van der Waals surface area contributed by atoms with Crippen molar-refractivity contribution in [3.8, 4) is 0 Å². The van der Waals surface area contributed by atoms with Gasteiger partial charge in [0.1, 0.15) is 15.4 Å². The van der Waals surface area contributed by atoms with E-state index >= 15 is 0 Å². The summed E-state index contributed by atoms with van der Waals surface area (Å²) < 4.78 is 27.1. The molecule has 0 aromatic rings. The molecule has 0 aromatic carbocycles. The van der Waals surface area contributed by atoms with E-state index in [1.807, 2.05) is 20.8 Å². The molecule has 1 fully saturated rings. The van der Waals surface area contributed by atoms with Gasteiger partial charge in [-0.05, 0) is 46.6 Å². The van der Waals surface area contributed by atoms with Gasteiger partial charge in [-0.15, -0.1) is 0 Å². The third-order valence-corrected chi connectivity index (χ3v) is 4.01. The van der Waals surface area contributed by atoms with Gasteiger partial charge in [-0.2, -0.15) is 0 Å². The monoisotopic (exact) mass is 306 g/mol. The molecule has 0 unspecified atom stereocenters. The van der Waals surface area contributed by atoms with E-state index in [2.05, 4.69) is 10.6 Å². The highest BCUT2D eigenvalue weighted by Gasteiger charge is 2.31. The quantitative estimate of drug-likeness (QED) is 0.717. The zero-order valence-corrected chi connectivity index (χ0v) is 13.5. The second kappa shape index (κ2) is 6.76. The average molecular weight is 306 g/mol. The molecule has 0 aliphatic heterocycles. The largest absolute Gasteiger partial charge is 0.444 e. The Morgan fingerprint density at radius 1 is 1.25 bits per heavy atom. The zero-order chi connectivity index (χ0) is 15.4. The summed E-state index contributed by atoms with van der Waals surface area (Å²) in [6.45, 7) is 6.19. The van der Waals surface area contributed by atoms with E-state index in [1.54, 1.807) is 0 Å². The minimum Gasteiger partial charge on any atom is -0.444 e. The second-order valence-corrected chi connectivity index (χ2v) is 8.71. The molecular weight excluding hydrogens is 280 g/mol. The van der Waals surface area contributed by atoms with E-state index < -0.39 is 15.4 Å². The molecule has 0 heterocycles. The number of alkyl carbamates (subject to hydrolysis) is 1. The Kier molecular flexibility index (Phi) is 5.82. The van der Waals surface area contributed by atoms with Crippen molar-refractivity contribution in [2.45, 2.75) is 57.7 Å². The van der Waals surface area contributed by atoms with Gasteiger partial charge < -0.3 is 15.4 Å². The van der Waals surface area contributed by atoms with Crippen LogP contribution in [-0.4, -0.2) is 50.7 Å². The van der Waals surface area contributed by atoms with Crippen LogP contribution in [0.1, 0.15) is 40.0 Å². The fraction of sp³-hybridized carbons (Fsp3) is 0.923. The van der Waals surface area contributed by atoms with E-state index in [4.69, 9.17) is 4.74 Å². The summed E-state index contributed by atoms with van der Waals surface area (Å²) >= 11 is 0. The lowest BCUT2D eigenvalue weighted by Crippen LogP contribution is -2.53. The van der Waals surface area contributed by atoms with Crippen LogP contribution in [0, 0.1) is 0 Å². The first-order valence-electron chi connectivity index (χ1n) is 6.96. The van der Waals surface area contributed by atoms with Crippen molar-refractivity contribution < 1.29 is 17.9 Å². The van der Waals surface area contributed by atoms with Crippen molar-refractivity contribution in [1.29, 1.82) is 0 Å². The molecule has 0 radical (unpaired) electrons. The Balaban J connectivity index is 2.07. The van der Waals surface area contributed by atoms with Crippen molar-refractivity contribution in [3.63, 3.8) is 0 Å². The van der Waals surface area contributed by atoms with Gasteiger partial charge in [0.15, 0.2) is 0 Å². The first-order chi connectivity index (χ1) is 9.05. The van der Waals surface area contributed by atoms with Crippen LogP contribution in [0.4, 0.5) is 4.79 Å². The van der Waals surface area contributed by atoms with Crippen molar-refractivity contribution in [3.05, 3.63) is 0 Å². The minimum absolute atomic E-state index is 0.150. The Bertz CT molecular complexity index is 422. The average Bonchev–Trinajstić information content (AvgIpc) is 2.15. The Labute approximate surface area is 121 Å². The number of ether oxygens (including phenoxy) is 1. The highest BCUT2D eigenvalue weighted by Crippen LogP contribution is 2.20. The molecule has 118 valence electrons. The van der Waals surface area contributed by atoms with Gasteiger partial charge in [-0.25, -0.2) is 13.2 Å². The van der Waals surface area contributed by atoms with Crippen LogP contribution in [0.25, 0.3) is 0 Å². The maximum absolute atomic E-state index is 11.5. The van der Waals surface area contributed by atoms with Crippen LogP contribution in [0.15, 0.2) is 0 Å². The summed E-state index contributed by atoms with van der Waals surface area (Å²) in [5.74, 6) is 0.215. The van der Waals surface area contributed by atoms with E-state index in [9.17, 15) is 13.2 Å². The number of carbonyl (C=O) groups is 1. The van der Waals surface area contributed by atoms with E-state index in [-0.39, 0.29) is 17.9 Å². The van der Waals surface area contributed by atoms with Gasteiger partial charge in [0.25, 0.3) is 0 Å². The molecule has 2 N–H and O–H groups in total. The molecule has 0 spiro atoms. The lowest BCUT2D eigenvalue weighted by molar-refractivity contribution is 0.0465. The van der Waals surface area contributed by atoms with Crippen molar-refractivity contribution in [1.82, 2.24) is 10.6 Å². The van der Waals surface area contributed by atoms with Gasteiger partial charge >= 0.3 is 6.09 Å². The Morgan fingerprint density at radius 3 is 2.35 bits per heavy atom. The lowest BCUT2D eigenvalue weighted by atomic mass is 9.87. The number of hydrogen-bond acceptors (Lipinski definition) is 5. The summed E-state index contributed by atoms with van der Waals surface area (Å²) in [6.07, 6.45) is 3.21. The SMILES string of the molecule is CC(C)(C)OC(=O)NC1CC(NCCCS(C)(=O)=O)C1. The molecule has 6 nitrogen and oxygen atoms in total. The predicted molar refractivity (Wildman–Crippen MR) is 78.5 cm³/mol. The van der Waals surface area contributed by atoms with E-state index in [1.165, 1.54) is 6.26 Å². The fourth-order valence-electron chi connectivity index (χ4n) is 2.02. The predicted octanol–water partition coefficient (Wildman–Crippen LogP) is 1.07. The smallest absolute Gasteiger partial charge is 0.407 e.